The van der Waals surface area contributed by atoms with Crippen molar-refractivity contribution in [2.75, 3.05) is 43.1 Å². The third kappa shape index (κ3) is 4.80. The smallest absolute Gasteiger partial charge is 0.267 e. The Kier molecular flexibility index (Phi) is 6.32. The van der Waals surface area contributed by atoms with Crippen molar-refractivity contribution in [2.24, 2.45) is 0 Å². The monoisotopic (exact) mass is 493 g/mol. The molecule has 4 aromatic rings. The van der Waals surface area contributed by atoms with Crippen molar-refractivity contribution in [3.63, 3.8) is 0 Å². The number of aromatic nitrogens is 5. The van der Waals surface area contributed by atoms with Crippen LogP contribution in [0.15, 0.2) is 65.5 Å². The van der Waals surface area contributed by atoms with Gasteiger partial charge in [0.25, 0.3) is 5.56 Å². The lowest BCUT2D eigenvalue weighted by Crippen LogP contribution is -2.47. The summed E-state index contributed by atoms with van der Waals surface area (Å²) >= 11 is 5.35. The van der Waals surface area contributed by atoms with Gasteiger partial charge in [0.05, 0.1) is 7.11 Å². The van der Waals surface area contributed by atoms with Crippen LogP contribution in [0.3, 0.4) is 0 Å². The highest BCUT2D eigenvalue weighted by atomic mass is 32.1. The molecule has 1 N–H and O–H groups in total. The fraction of sp³-hybridized carbons (Fsp3) is 0.250. The molecule has 35 heavy (non-hydrogen) atoms. The Morgan fingerprint density at radius 1 is 0.943 bits per heavy atom. The largest absolute Gasteiger partial charge is 0.497 e. The second-order valence-corrected chi connectivity index (χ2v) is 8.50. The van der Waals surface area contributed by atoms with E-state index in [1.165, 1.54) is 22.9 Å². The number of halogens is 1. The predicted octanol–water partition coefficient (Wildman–Crippen LogP) is 3.01. The topological polar surface area (TPSA) is 84.2 Å². The van der Waals surface area contributed by atoms with E-state index < -0.39 is 0 Å². The van der Waals surface area contributed by atoms with Gasteiger partial charge in [-0.2, -0.15) is 10.2 Å². The van der Waals surface area contributed by atoms with Crippen molar-refractivity contribution >= 4 is 23.7 Å². The summed E-state index contributed by atoms with van der Waals surface area (Å²) in [6, 6.07) is 17.2. The van der Waals surface area contributed by atoms with Crippen LogP contribution in [0.5, 0.6) is 5.75 Å². The molecule has 1 aliphatic rings. The van der Waals surface area contributed by atoms with Gasteiger partial charge in [-0.15, -0.1) is 0 Å². The predicted molar refractivity (Wildman–Crippen MR) is 134 cm³/mol. The maximum absolute atomic E-state index is 13.4. The van der Waals surface area contributed by atoms with E-state index in [-0.39, 0.29) is 17.9 Å². The lowest BCUT2D eigenvalue weighted by Gasteiger charge is -2.36. The van der Waals surface area contributed by atoms with Gasteiger partial charge in [-0.1, -0.05) is 0 Å². The molecule has 0 amide bonds. The molecule has 0 unspecified atom stereocenters. The number of rotatable bonds is 6. The van der Waals surface area contributed by atoms with E-state index in [1.807, 2.05) is 12.1 Å². The maximum atomic E-state index is 13.4. The average molecular weight is 494 g/mol. The third-order valence-electron chi connectivity index (χ3n) is 6.01. The molecule has 1 saturated heterocycles. The van der Waals surface area contributed by atoms with Crippen LogP contribution >= 0.6 is 12.2 Å². The van der Waals surface area contributed by atoms with Crippen LogP contribution in [0.25, 0.3) is 5.69 Å². The van der Waals surface area contributed by atoms with Crippen LogP contribution in [-0.2, 0) is 6.54 Å². The Balaban J connectivity index is 1.33. The average Bonchev–Trinajstić information content (AvgIpc) is 3.25. The molecule has 0 bridgehead atoms. The van der Waals surface area contributed by atoms with Crippen molar-refractivity contribution < 1.29 is 9.13 Å². The molecule has 1 aliphatic heterocycles. The lowest BCUT2D eigenvalue weighted by atomic mass is 10.2. The third-order valence-corrected chi connectivity index (χ3v) is 6.29. The van der Waals surface area contributed by atoms with Gasteiger partial charge in [0.1, 0.15) is 23.9 Å². The van der Waals surface area contributed by atoms with Crippen LogP contribution in [0.1, 0.15) is 5.82 Å². The number of aromatic amines is 1. The number of anilines is 2. The molecule has 2 aromatic carbocycles. The molecule has 0 aliphatic carbocycles. The molecule has 0 saturated carbocycles. The van der Waals surface area contributed by atoms with E-state index in [0.29, 0.717) is 16.3 Å². The first-order valence-electron chi connectivity index (χ1n) is 11.2. The minimum atomic E-state index is -0.344. The Labute approximate surface area is 206 Å². The molecule has 2 aromatic heterocycles. The van der Waals surface area contributed by atoms with E-state index in [9.17, 15) is 9.18 Å². The quantitative estimate of drug-likeness (QED) is 0.414. The van der Waals surface area contributed by atoms with Gasteiger partial charge in [0.15, 0.2) is 10.6 Å². The number of ether oxygens (including phenoxy) is 1. The molecule has 180 valence electrons. The highest BCUT2D eigenvalue weighted by Crippen LogP contribution is 2.22. The standard InChI is InChI=1S/C24H24FN7O2S/c1-34-20-8-6-18(7-9-20)29-12-14-30(15-13-29)21-10-11-23(33)31(28-21)16-22-26-27-24(35)32(22)19-4-2-17(25)3-5-19/h2-11H,12-16H2,1H3,(H,27,35). The number of methoxy groups -OCH3 is 1. The van der Waals surface area contributed by atoms with Gasteiger partial charge in [0, 0.05) is 43.6 Å². The molecule has 11 heteroatoms. The highest BCUT2D eigenvalue weighted by molar-refractivity contribution is 7.71. The molecular formula is C24H24FN7O2S. The highest BCUT2D eigenvalue weighted by Gasteiger charge is 2.20. The van der Waals surface area contributed by atoms with Gasteiger partial charge < -0.3 is 14.5 Å². The maximum Gasteiger partial charge on any atom is 0.267 e. The summed E-state index contributed by atoms with van der Waals surface area (Å²) in [5.74, 6) is 1.71. The molecule has 1 fully saturated rings. The number of nitrogens with one attached hydrogen (secondary N) is 1. The van der Waals surface area contributed by atoms with Crippen molar-refractivity contribution in [1.82, 2.24) is 24.5 Å². The van der Waals surface area contributed by atoms with Crippen LogP contribution < -0.4 is 20.1 Å². The lowest BCUT2D eigenvalue weighted by molar-refractivity contribution is 0.415. The van der Waals surface area contributed by atoms with Gasteiger partial charge >= 0.3 is 0 Å². The number of nitrogens with zero attached hydrogens (tertiary/aromatic N) is 6. The Morgan fingerprint density at radius 2 is 1.60 bits per heavy atom. The number of H-pyrrole nitrogens is 1. The van der Waals surface area contributed by atoms with E-state index in [0.717, 1.165) is 43.4 Å². The molecule has 9 nitrogen and oxygen atoms in total. The molecule has 0 radical (unpaired) electrons. The molecule has 3 heterocycles. The second-order valence-electron chi connectivity index (χ2n) is 8.12. The fourth-order valence-corrected chi connectivity index (χ4v) is 4.39. The summed E-state index contributed by atoms with van der Waals surface area (Å²) < 4.78 is 22.0. The number of hydrogen-bond donors (Lipinski definition) is 1. The summed E-state index contributed by atoms with van der Waals surface area (Å²) in [5.41, 5.74) is 1.55. The molecule has 0 spiro atoms. The summed E-state index contributed by atoms with van der Waals surface area (Å²) in [5, 5.41) is 11.6. The molecular weight excluding hydrogens is 469 g/mol. The Morgan fingerprint density at radius 3 is 2.29 bits per heavy atom. The van der Waals surface area contributed by atoms with Gasteiger partial charge in [-0.25, -0.2) is 9.07 Å². The minimum absolute atomic E-state index is 0.114. The normalized spacial score (nSPS) is 13.8. The van der Waals surface area contributed by atoms with Gasteiger partial charge in [-0.05, 0) is 66.8 Å². The number of hydrogen-bond acceptors (Lipinski definition) is 7. The SMILES string of the molecule is COc1ccc(N2CCN(c3ccc(=O)n(Cc4n[nH]c(=S)n4-c4ccc(F)cc4)n3)CC2)cc1. The van der Waals surface area contributed by atoms with Crippen LogP contribution in [0, 0.1) is 10.6 Å². The Hall–Kier alpha value is -3.99. The molecule has 0 atom stereocenters. The van der Waals surface area contributed by atoms with Crippen molar-refractivity contribution in [2.45, 2.75) is 6.54 Å². The second kappa shape index (κ2) is 9.71. The van der Waals surface area contributed by atoms with Crippen molar-refractivity contribution in [3.05, 3.63) is 87.4 Å². The van der Waals surface area contributed by atoms with Gasteiger partial charge in [0.2, 0.25) is 0 Å². The molecule has 5 rings (SSSR count). The fourth-order valence-electron chi connectivity index (χ4n) is 4.13. The van der Waals surface area contributed by atoms with Gasteiger partial charge in [-0.3, -0.25) is 14.5 Å². The summed E-state index contributed by atoms with van der Waals surface area (Å²) in [7, 11) is 1.66. The van der Waals surface area contributed by atoms with E-state index in [1.54, 1.807) is 29.9 Å². The summed E-state index contributed by atoms with van der Waals surface area (Å²) in [4.78, 5) is 17.1. The van der Waals surface area contributed by atoms with Crippen molar-refractivity contribution in [1.29, 1.82) is 0 Å². The first-order chi connectivity index (χ1) is 17.0. The van der Waals surface area contributed by atoms with Crippen LogP contribution in [0.4, 0.5) is 15.9 Å². The number of benzene rings is 2. The van der Waals surface area contributed by atoms with Crippen LogP contribution in [0.2, 0.25) is 0 Å². The zero-order valence-corrected chi connectivity index (χ0v) is 19.9. The summed E-state index contributed by atoms with van der Waals surface area (Å²) in [6.07, 6.45) is 0. The van der Waals surface area contributed by atoms with E-state index in [4.69, 9.17) is 17.0 Å². The zero-order chi connectivity index (χ0) is 24.4. The number of piperazine rings is 1. The summed E-state index contributed by atoms with van der Waals surface area (Å²) in [6.45, 7) is 3.31. The first-order valence-corrected chi connectivity index (χ1v) is 11.6. The van der Waals surface area contributed by atoms with E-state index >= 15 is 0 Å². The van der Waals surface area contributed by atoms with Crippen molar-refractivity contribution in [3.8, 4) is 11.4 Å². The minimum Gasteiger partial charge on any atom is -0.497 e. The van der Waals surface area contributed by atoms with E-state index in [2.05, 4.69) is 37.2 Å². The van der Waals surface area contributed by atoms with Crippen LogP contribution in [-0.4, -0.2) is 57.8 Å². The Bertz CT molecular complexity index is 1420. The first kappa shape index (κ1) is 22.8. The zero-order valence-electron chi connectivity index (χ0n) is 19.1.